The number of carbonyl (C=O) groups is 1. The molecule has 0 aromatic heterocycles. The number of carboxylic acid groups (broad SMARTS) is 1. The fourth-order valence-corrected chi connectivity index (χ4v) is 3.68. The van der Waals surface area contributed by atoms with E-state index in [0.29, 0.717) is 6.04 Å². The van der Waals surface area contributed by atoms with Gasteiger partial charge < -0.3 is 5.11 Å². The summed E-state index contributed by atoms with van der Waals surface area (Å²) in [4.78, 5) is 13.6. The average Bonchev–Trinajstić information content (AvgIpc) is 2.50. The van der Waals surface area contributed by atoms with E-state index in [4.69, 9.17) is 5.11 Å². The van der Waals surface area contributed by atoms with Gasteiger partial charge >= 0.3 is 5.97 Å². The van der Waals surface area contributed by atoms with Crippen LogP contribution in [0.25, 0.3) is 0 Å². The summed E-state index contributed by atoms with van der Waals surface area (Å²) in [5.41, 5.74) is 1.33. The molecule has 0 bridgehead atoms. The van der Waals surface area contributed by atoms with Crippen LogP contribution in [0.4, 0.5) is 0 Å². The van der Waals surface area contributed by atoms with E-state index in [0.717, 1.165) is 36.8 Å². The molecule has 0 radical (unpaired) electrons. The number of carboxylic acids is 1. The fourth-order valence-electron chi connectivity index (χ4n) is 3.14. The van der Waals surface area contributed by atoms with E-state index in [1.807, 2.05) is 6.07 Å². The van der Waals surface area contributed by atoms with Gasteiger partial charge in [-0.25, -0.2) is 0 Å². The van der Waals surface area contributed by atoms with E-state index in [9.17, 15) is 4.79 Å². The normalized spacial score (nSPS) is 18.6. The van der Waals surface area contributed by atoms with Crippen molar-refractivity contribution in [1.29, 1.82) is 0 Å². The second-order valence-corrected chi connectivity index (χ2v) is 6.68. The molecule has 1 unspecified atom stereocenters. The van der Waals surface area contributed by atoms with Gasteiger partial charge in [-0.05, 0) is 44.0 Å². The lowest BCUT2D eigenvalue weighted by molar-refractivity contribution is -0.143. The number of benzene rings is 1. The number of aliphatic carboxylic acids is 1. The van der Waals surface area contributed by atoms with Gasteiger partial charge in [0.25, 0.3) is 0 Å². The van der Waals surface area contributed by atoms with E-state index in [1.54, 1.807) is 0 Å². The number of rotatable bonds is 6. The van der Waals surface area contributed by atoms with Gasteiger partial charge in [0.15, 0.2) is 0 Å². The topological polar surface area (TPSA) is 40.5 Å². The van der Waals surface area contributed by atoms with E-state index >= 15 is 0 Å². The first-order valence-corrected chi connectivity index (χ1v) is 8.64. The molecule has 0 spiro atoms. The van der Waals surface area contributed by atoms with E-state index < -0.39 is 5.97 Å². The Morgan fingerprint density at radius 3 is 2.62 bits per heavy atom. The van der Waals surface area contributed by atoms with Gasteiger partial charge in [0.2, 0.25) is 0 Å². The molecule has 1 aromatic carbocycles. The first-order valence-electron chi connectivity index (χ1n) is 7.84. The van der Waals surface area contributed by atoms with Gasteiger partial charge in [-0.2, -0.15) is 0 Å². The summed E-state index contributed by atoms with van der Waals surface area (Å²) >= 11 is 3.67. The van der Waals surface area contributed by atoms with Crippen LogP contribution in [-0.2, 0) is 4.79 Å². The Morgan fingerprint density at radius 2 is 2.05 bits per heavy atom. The highest BCUT2D eigenvalue weighted by molar-refractivity contribution is 9.10. The summed E-state index contributed by atoms with van der Waals surface area (Å²) in [5.74, 6) is -0.798. The number of likely N-dealkylation sites (tertiary alicyclic amines) is 1. The van der Waals surface area contributed by atoms with E-state index in [1.165, 1.54) is 18.4 Å². The number of unbranched alkanes of at least 4 members (excludes halogenated alkanes) is 1. The Bertz CT molecular complexity index is 470. The minimum atomic E-state index is -0.638. The number of piperidine rings is 1. The van der Waals surface area contributed by atoms with Gasteiger partial charge in [-0.3, -0.25) is 9.69 Å². The highest BCUT2D eigenvalue weighted by Crippen LogP contribution is 2.34. The molecule has 1 aromatic rings. The predicted molar refractivity (Wildman–Crippen MR) is 88.3 cm³/mol. The van der Waals surface area contributed by atoms with Crippen LogP contribution in [0.1, 0.15) is 50.6 Å². The largest absolute Gasteiger partial charge is 0.481 e. The molecule has 0 amide bonds. The maximum Gasteiger partial charge on any atom is 0.306 e. The van der Waals surface area contributed by atoms with Crippen LogP contribution in [0, 0.1) is 5.92 Å². The summed E-state index contributed by atoms with van der Waals surface area (Å²) in [7, 11) is 0. The maximum absolute atomic E-state index is 11.1. The lowest BCUT2D eigenvalue weighted by atomic mass is 9.92. The van der Waals surface area contributed by atoms with Gasteiger partial charge in [-0.15, -0.1) is 0 Å². The SMILES string of the molecule is CCCCC(c1ccccc1Br)N1CCC(C(=O)O)CC1. The summed E-state index contributed by atoms with van der Waals surface area (Å²) in [6.07, 6.45) is 5.05. The fraction of sp³-hybridized carbons (Fsp3) is 0.588. The zero-order chi connectivity index (χ0) is 15.2. The second kappa shape index (κ2) is 7.95. The van der Waals surface area contributed by atoms with Crippen LogP contribution >= 0.6 is 15.9 Å². The monoisotopic (exact) mass is 353 g/mol. The number of halogens is 1. The molecule has 2 rings (SSSR count). The van der Waals surface area contributed by atoms with Crippen LogP contribution in [0.15, 0.2) is 28.7 Å². The Hall–Kier alpha value is -0.870. The third-order valence-corrected chi connectivity index (χ3v) is 5.14. The molecule has 1 fully saturated rings. The van der Waals surface area contributed by atoms with Crippen molar-refractivity contribution in [1.82, 2.24) is 4.90 Å². The molecule has 0 saturated carbocycles. The molecule has 116 valence electrons. The van der Waals surface area contributed by atoms with Crippen molar-refractivity contribution in [3.63, 3.8) is 0 Å². The van der Waals surface area contributed by atoms with Gasteiger partial charge in [0, 0.05) is 10.5 Å². The summed E-state index contributed by atoms with van der Waals surface area (Å²) in [6, 6.07) is 8.81. The maximum atomic E-state index is 11.1. The van der Waals surface area contributed by atoms with E-state index in [2.05, 4.69) is 46.0 Å². The molecular weight excluding hydrogens is 330 g/mol. The zero-order valence-electron chi connectivity index (χ0n) is 12.6. The van der Waals surface area contributed by atoms with Crippen molar-refractivity contribution >= 4 is 21.9 Å². The molecule has 3 nitrogen and oxygen atoms in total. The molecule has 1 heterocycles. The third-order valence-electron chi connectivity index (χ3n) is 4.41. The molecule has 1 N–H and O–H groups in total. The Labute approximate surface area is 135 Å². The number of nitrogens with zero attached hydrogens (tertiary/aromatic N) is 1. The molecule has 1 saturated heterocycles. The zero-order valence-corrected chi connectivity index (χ0v) is 14.2. The van der Waals surface area contributed by atoms with Crippen LogP contribution in [0.3, 0.4) is 0 Å². The second-order valence-electron chi connectivity index (χ2n) is 5.83. The summed E-state index contributed by atoms with van der Waals surface area (Å²) in [5, 5.41) is 9.14. The van der Waals surface area contributed by atoms with Crippen molar-refractivity contribution in [3.05, 3.63) is 34.3 Å². The first-order chi connectivity index (χ1) is 10.1. The van der Waals surface area contributed by atoms with Crippen LogP contribution in [0.2, 0.25) is 0 Å². The number of hydrogen-bond donors (Lipinski definition) is 1. The Morgan fingerprint density at radius 1 is 1.38 bits per heavy atom. The minimum Gasteiger partial charge on any atom is -0.481 e. The molecule has 0 aliphatic carbocycles. The molecule has 1 aliphatic heterocycles. The first kappa shape index (κ1) is 16.5. The molecule has 4 heteroatoms. The lowest BCUT2D eigenvalue weighted by Gasteiger charge is -2.37. The van der Waals surface area contributed by atoms with Crippen molar-refractivity contribution in [3.8, 4) is 0 Å². The van der Waals surface area contributed by atoms with Crippen molar-refractivity contribution < 1.29 is 9.90 Å². The molecular formula is C17H24BrNO2. The quantitative estimate of drug-likeness (QED) is 0.819. The molecule has 1 aliphatic rings. The van der Waals surface area contributed by atoms with Crippen molar-refractivity contribution in [2.75, 3.05) is 13.1 Å². The van der Waals surface area contributed by atoms with Gasteiger partial charge in [0.1, 0.15) is 0 Å². The Balaban J connectivity index is 2.10. The van der Waals surface area contributed by atoms with Crippen molar-refractivity contribution in [2.24, 2.45) is 5.92 Å². The minimum absolute atomic E-state index is 0.160. The summed E-state index contributed by atoms with van der Waals surface area (Å²) < 4.78 is 1.16. The highest BCUT2D eigenvalue weighted by atomic mass is 79.9. The van der Waals surface area contributed by atoms with Crippen LogP contribution in [-0.4, -0.2) is 29.1 Å². The number of hydrogen-bond acceptors (Lipinski definition) is 2. The summed E-state index contributed by atoms with van der Waals surface area (Å²) in [6.45, 7) is 3.98. The smallest absolute Gasteiger partial charge is 0.306 e. The van der Waals surface area contributed by atoms with E-state index in [-0.39, 0.29) is 5.92 Å². The van der Waals surface area contributed by atoms with Gasteiger partial charge in [-0.1, -0.05) is 53.9 Å². The average molecular weight is 354 g/mol. The van der Waals surface area contributed by atoms with Crippen molar-refractivity contribution in [2.45, 2.75) is 45.1 Å². The third kappa shape index (κ3) is 4.30. The highest BCUT2D eigenvalue weighted by Gasteiger charge is 2.29. The van der Waals surface area contributed by atoms with Crippen LogP contribution in [0.5, 0.6) is 0 Å². The van der Waals surface area contributed by atoms with Gasteiger partial charge in [0.05, 0.1) is 5.92 Å². The predicted octanol–water partition coefficient (Wildman–Crippen LogP) is 4.48. The van der Waals surface area contributed by atoms with Crippen LogP contribution < -0.4 is 0 Å². The Kier molecular flexibility index (Phi) is 6.24. The molecule has 21 heavy (non-hydrogen) atoms. The molecule has 1 atom stereocenters. The standard InChI is InChI=1S/C17H24BrNO2/c1-2-3-8-16(14-6-4-5-7-15(14)18)19-11-9-13(10-12-19)17(20)21/h4-7,13,16H,2-3,8-12H2,1H3,(H,20,21). The lowest BCUT2D eigenvalue weighted by Crippen LogP contribution is -2.38.